The third kappa shape index (κ3) is 4.79. The summed E-state index contributed by atoms with van der Waals surface area (Å²) in [5, 5.41) is 15.0. The van der Waals surface area contributed by atoms with E-state index < -0.39 is 12.1 Å². The number of imide groups is 1. The molecular weight excluding hydrogens is 310 g/mol. The fourth-order valence-corrected chi connectivity index (χ4v) is 2.56. The van der Waals surface area contributed by atoms with Crippen LogP contribution in [0.2, 0.25) is 0 Å². The van der Waals surface area contributed by atoms with Crippen LogP contribution >= 0.6 is 0 Å². The van der Waals surface area contributed by atoms with Crippen molar-refractivity contribution in [3.8, 4) is 0 Å². The van der Waals surface area contributed by atoms with Crippen LogP contribution < -0.4 is 10.6 Å². The molecule has 0 unspecified atom stereocenters. The largest absolute Gasteiger partial charge is 0.391 e. The smallest absolute Gasteiger partial charge is 0.319 e. The number of aliphatic hydroxyl groups is 1. The Balaban J connectivity index is 1.97. The van der Waals surface area contributed by atoms with Crippen molar-refractivity contribution in [2.45, 2.75) is 45.3 Å². The van der Waals surface area contributed by atoms with Crippen LogP contribution in [0.15, 0.2) is 24.3 Å². The van der Waals surface area contributed by atoms with Gasteiger partial charge in [0.15, 0.2) is 0 Å². The van der Waals surface area contributed by atoms with Gasteiger partial charge in [-0.05, 0) is 18.1 Å². The number of likely N-dealkylation sites (tertiary alicyclic amines) is 1. The van der Waals surface area contributed by atoms with Gasteiger partial charge in [-0.3, -0.25) is 14.5 Å². The van der Waals surface area contributed by atoms with Gasteiger partial charge in [0, 0.05) is 25.1 Å². The van der Waals surface area contributed by atoms with Gasteiger partial charge in [0.05, 0.1) is 12.6 Å². The average molecular weight is 333 g/mol. The first-order chi connectivity index (χ1) is 11.5. The molecule has 0 radical (unpaired) electrons. The number of carbonyl (C=O) groups excluding carboxylic acids is 3. The SMILES string of the molecule is CCC[C@@H](O)CNC(=O)Nc1ccccc1CN1C(=O)CCC1=O. The number of hydrogen-bond donors (Lipinski definition) is 3. The summed E-state index contributed by atoms with van der Waals surface area (Å²) in [6.07, 6.45) is 1.37. The van der Waals surface area contributed by atoms with Crippen molar-refractivity contribution in [3.05, 3.63) is 29.8 Å². The van der Waals surface area contributed by atoms with Crippen molar-refractivity contribution in [2.75, 3.05) is 11.9 Å². The maximum Gasteiger partial charge on any atom is 0.319 e. The number of aliphatic hydroxyl groups excluding tert-OH is 1. The molecule has 130 valence electrons. The molecule has 1 fully saturated rings. The van der Waals surface area contributed by atoms with Crippen molar-refractivity contribution in [3.63, 3.8) is 0 Å². The lowest BCUT2D eigenvalue weighted by Crippen LogP contribution is -2.35. The minimum absolute atomic E-state index is 0.145. The lowest BCUT2D eigenvalue weighted by molar-refractivity contribution is -0.139. The summed E-state index contributed by atoms with van der Waals surface area (Å²) in [5.41, 5.74) is 1.22. The van der Waals surface area contributed by atoms with Gasteiger partial charge < -0.3 is 15.7 Å². The molecule has 1 atom stereocenters. The van der Waals surface area contributed by atoms with Crippen molar-refractivity contribution in [1.29, 1.82) is 0 Å². The highest BCUT2D eigenvalue weighted by molar-refractivity contribution is 6.02. The fraction of sp³-hybridized carbons (Fsp3) is 0.471. The first kappa shape index (κ1) is 17.9. The van der Waals surface area contributed by atoms with Crippen LogP contribution in [-0.4, -0.2) is 40.5 Å². The van der Waals surface area contributed by atoms with E-state index in [2.05, 4.69) is 10.6 Å². The van der Waals surface area contributed by atoms with Crippen LogP contribution in [0.3, 0.4) is 0 Å². The average Bonchev–Trinajstić information content (AvgIpc) is 2.87. The molecule has 2 rings (SSSR count). The van der Waals surface area contributed by atoms with Gasteiger partial charge in [0.1, 0.15) is 0 Å². The number of amides is 4. The molecule has 1 aliphatic rings. The molecule has 0 aliphatic carbocycles. The highest BCUT2D eigenvalue weighted by Crippen LogP contribution is 2.21. The molecule has 1 heterocycles. The molecule has 4 amide bonds. The molecule has 0 saturated carbocycles. The highest BCUT2D eigenvalue weighted by atomic mass is 16.3. The third-order valence-corrected chi connectivity index (χ3v) is 3.87. The molecule has 0 aromatic heterocycles. The number of nitrogens with zero attached hydrogens (tertiary/aromatic N) is 1. The molecule has 1 aromatic rings. The summed E-state index contributed by atoms with van der Waals surface area (Å²) in [6.45, 7) is 2.28. The van der Waals surface area contributed by atoms with E-state index in [9.17, 15) is 19.5 Å². The molecule has 0 bridgehead atoms. The summed E-state index contributed by atoms with van der Waals surface area (Å²) in [5.74, 6) is -0.385. The standard InChI is InChI=1S/C17H23N3O4/c1-2-5-13(21)10-18-17(24)19-14-7-4-3-6-12(14)11-20-15(22)8-9-16(20)23/h3-4,6-7,13,21H,2,5,8-11H2,1H3,(H2,18,19,24)/t13-/m1/s1. The second-order valence-electron chi connectivity index (χ2n) is 5.81. The van der Waals surface area contributed by atoms with Gasteiger partial charge in [0.25, 0.3) is 0 Å². The Morgan fingerprint density at radius 2 is 1.92 bits per heavy atom. The lowest BCUT2D eigenvalue weighted by atomic mass is 10.1. The zero-order valence-corrected chi connectivity index (χ0v) is 13.7. The summed E-state index contributed by atoms with van der Waals surface area (Å²) >= 11 is 0. The predicted octanol–water partition coefficient (Wildman–Crippen LogP) is 1.62. The van der Waals surface area contributed by atoms with E-state index in [-0.39, 0.29) is 37.7 Å². The van der Waals surface area contributed by atoms with Gasteiger partial charge in [-0.1, -0.05) is 31.5 Å². The molecule has 1 aromatic carbocycles. The zero-order valence-electron chi connectivity index (χ0n) is 13.7. The molecule has 7 heteroatoms. The molecule has 0 spiro atoms. The second kappa shape index (κ2) is 8.44. The molecule has 1 saturated heterocycles. The number of para-hydroxylation sites is 1. The van der Waals surface area contributed by atoms with Crippen LogP contribution in [0.1, 0.15) is 38.2 Å². The van der Waals surface area contributed by atoms with E-state index in [1.807, 2.05) is 6.92 Å². The molecule has 3 N–H and O–H groups in total. The molecule has 1 aliphatic heterocycles. The quantitative estimate of drug-likeness (QED) is 0.660. The maximum atomic E-state index is 12.0. The number of rotatable bonds is 7. The lowest BCUT2D eigenvalue weighted by Gasteiger charge is -2.17. The van der Waals surface area contributed by atoms with E-state index >= 15 is 0 Å². The van der Waals surface area contributed by atoms with Crippen molar-refractivity contribution in [1.82, 2.24) is 10.2 Å². The molecule has 24 heavy (non-hydrogen) atoms. The molecular formula is C17H23N3O4. The number of urea groups is 1. The summed E-state index contributed by atoms with van der Waals surface area (Å²) in [6, 6.07) is 6.59. The van der Waals surface area contributed by atoms with Crippen LogP contribution in [0.4, 0.5) is 10.5 Å². The number of benzene rings is 1. The Labute approximate surface area is 141 Å². The van der Waals surface area contributed by atoms with Crippen molar-refractivity contribution >= 4 is 23.5 Å². The van der Waals surface area contributed by atoms with E-state index in [1.165, 1.54) is 4.90 Å². The number of carbonyl (C=O) groups is 3. The number of nitrogens with one attached hydrogen (secondary N) is 2. The Bertz CT molecular complexity index is 602. The summed E-state index contributed by atoms with van der Waals surface area (Å²) < 4.78 is 0. The Hall–Kier alpha value is -2.41. The van der Waals surface area contributed by atoms with Gasteiger partial charge >= 0.3 is 6.03 Å². The van der Waals surface area contributed by atoms with Gasteiger partial charge in [-0.2, -0.15) is 0 Å². The van der Waals surface area contributed by atoms with Gasteiger partial charge in [0.2, 0.25) is 11.8 Å². The van der Waals surface area contributed by atoms with Crippen LogP contribution in [0.25, 0.3) is 0 Å². The minimum atomic E-state index is -0.573. The third-order valence-electron chi connectivity index (χ3n) is 3.87. The van der Waals surface area contributed by atoms with Crippen molar-refractivity contribution < 1.29 is 19.5 Å². The van der Waals surface area contributed by atoms with Crippen LogP contribution in [0.5, 0.6) is 0 Å². The van der Waals surface area contributed by atoms with Gasteiger partial charge in [-0.15, -0.1) is 0 Å². The predicted molar refractivity (Wildman–Crippen MR) is 89.2 cm³/mol. The molecule has 7 nitrogen and oxygen atoms in total. The monoisotopic (exact) mass is 333 g/mol. The Morgan fingerprint density at radius 1 is 1.25 bits per heavy atom. The van der Waals surface area contributed by atoms with E-state index in [4.69, 9.17) is 0 Å². The minimum Gasteiger partial charge on any atom is -0.391 e. The highest BCUT2D eigenvalue weighted by Gasteiger charge is 2.29. The van der Waals surface area contributed by atoms with E-state index in [0.717, 1.165) is 6.42 Å². The zero-order chi connectivity index (χ0) is 17.5. The fourth-order valence-electron chi connectivity index (χ4n) is 2.56. The summed E-state index contributed by atoms with van der Waals surface area (Å²) in [7, 11) is 0. The second-order valence-corrected chi connectivity index (χ2v) is 5.81. The van der Waals surface area contributed by atoms with E-state index in [0.29, 0.717) is 17.7 Å². The summed E-state index contributed by atoms with van der Waals surface area (Å²) in [4.78, 5) is 36.6. The van der Waals surface area contributed by atoms with Crippen molar-refractivity contribution in [2.24, 2.45) is 0 Å². The topological polar surface area (TPSA) is 98.7 Å². The van der Waals surface area contributed by atoms with Gasteiger partial charge in [-0.25, -0.2) is 4.79 Å². The number of hydrogen-bond acceptors (Lipinski definition) is 4. The van der Waals surface area contributed by atoms with Crippen LogP contribution in [-0.2, 0) is 16.1 Å². The normalized spacial score (nSPS) is 15.5. The van der Waals surface area contributed by atoms with E-state index in [1.54, 1.807) is 24.3 Å². The Kier molecular flexibility index (Phi) is 6.31. The van der Waals surface area contributed by atoms with Crippen LogP contribution in [0, 0.1) is 0 Å². The number of anilines is 1. The first-order valence-corrected chi connectivity index (χ1v) is 8.15. The maximum absolute atomic E-state index is 12.0. The first-order valence-electron chi connectivity index (χ1n) is 8.15. The Morgan fingerprint density at radius 3 is 2.58 bits per heavy atom.